The van der Waals surface area contributed by atoms with Gasteiger partial charge in [-0.2, -0.15) is 13.2 Å². The monoisotopic (exact) mass is 383 g/mol. The lowest BCUT2D eigenvalue weighted by Gasteiger charge is -2.11. The third-order valence-corrected chi connectivity index (χ3v) is 3.61. The van der Waals surface area contributed by atoms with Crippen molar-refractivity contribution in [3.63, 3.8) is 0 Å². The molecule has 122 valence electrons. The van der Waals surface area contributed by atoms with Gasteiger partial charge in [-0.3, -0.25) is 5.32 Å². The molecule has 2 amide bonds. The lowest BCUT2D eigenvalue weighted by atomic mass is 10.3. The number of halogens is 6. The third-order valence-electron chi connectivity index (χ3n) is 2.58. The molecule has 0 bridgehead atoms. The normalized spacial score (nSPS) is 11.2. The molecular formula is C13H7Cl3F3N3O. The second-order valence-corrected chi connectivity index (χ2v) is 5.48. The van der Waals surface area contributed by atoms with Crippen LogP contribution in [0, 0.1) is 0 Å². The fraction of sp³-hybridized carbons (Fsp3) is 0.0769. The maximum absolute atomic E-state index is 12.5. The molecule has 0 saturated heterocycles. The number of alkyl halides is 3. The van der Waals surface area contributed by atoms with Crippen LogP contribution in [0.2, 0.25) is 15.1 Å². The van der Waals surface area contributed by atoms with E-state index in [1.807, 2.05) is 0 Å². The highest BCUT2D eigenvalue weighted by molar-refractivity contribution is 6.42. The van der Waals surface area contributed by atoms with Crippen molar-refractivity contribution in [2.24, 2.45) is 0 Å². The number of nitrogens with zero attached hydrogens (tertiary/aromatic N) is 1. The van der Waals surface area contributed by atoms with E-state index < -0.39 is 17.8 Å². The Hall–Kier alpha value is -1.70. The molecule has 0 spiro atoms. The summed E-state index contributed by atoms with van der Waals surface area (Å²) in [6.45, 7) is 0. The Kier molecular flexibility index (Phi) is 5.23. The summed E-state index contributed by atoms with van der Waals surface area (Å²) in [5.41, 5.74) is -0.683. The van der Waals surface area contributed by atoms with Gasteiger partial charge in [-0.05, 0) is 24.3 Å². The van der Waals surface area contributed by atoms with Crippen LogP contribution in [0.25, 0.3) is 0 Å². The van der Waals surface area contributed by atoms with Crippen molar-refractivity contribution in [3.05, 3.63) is 51.1 Å². The van der Waals surface area contributed by atoms with Crippen LogP contribution in [0.4, 0.5) is 29.5 Å². The number of nitrogens with one attached hydrogen (secondary N) is 2. The van der Waals surface area contributed by atoms with E-state index in [1.165, 1.54) is 18.2 Å². The van der Waals surface area contributed by atoms with Gasteiger partial charge >= 0.3 is 12.2 Å². The molecule has 23 heavy (non-hydrogen) atoms. The van der Waals surface area contributed by atoms with Gasteiger partial charge in [0, 0.05) is 11.9 Å². The van der Waals surface area contributed by atoms with Crippen LogP contribution in [0.15, 0.2) is 30.5 Å². The lowest BCUT2D eigenvalue weighted by Crippen LogP contribution is -2.20. The Morgan fingerprint density at radius 1 is 1.00 bits per heavy atom. The summed E-state index contributed by atoms with van der Waals surface area (Å²) in [6, 6.07) is 4.30. The number of urea groups is 1. The average molecular weight is 385 g/mol. The predicted molar refractivity (Wildman–Crippen MR) is 83.4 cm³/mol. The summed E-state index contributed by atoms with van der Waals surface area (Å²) in [7, 11) is 0. The highest BCUT2D eigenvalue weighted by Crippen LogP contribution is 2.32. The van der Waals surface area contributed by atoms with Gasteiger partial charge in [-0.15, -0.1) is 0 Å². The maximum Gasteiger partial charge on any atom is 0.417 e. The Balaban J connectivity index is 2.09. The molecule has 1 aromatic carbocycles. The Morgan fingerprint density at radius 3 is 2.26 bits per heavy atom. The van der Waals surface area contributed by atoms with Gasteiger partial charge < -0.3 is 5.32 Å². The minimum Gasteiger partial charge on any atom is -0.308 e. The first kappa shape index (κ1) is 17.7. The maximum atomic E-state index is 12.5. The van der Waals surface area contributed by atoms with Gasteiger partial charge in [-0.25, -0.2) is 9.78 Å². The number of amides is 2. The zero-order chi connectivity index (χ0) is 17.2. The van der Waals surface area contributed by atoms with E-state index in [-0.39, 0.29) is 15.9 Å². The van der Waals surface area contributed by atoms with E-state index in [2.05, 4.69) is 15.6 Å². The molecule has 2 aromatic rings. The van der Waals surface area contributed by atoms with Gasteiger partial charge in [0.25, 0.3) is 0 Å². The van der Waals surface area contributed by atoms with Crippen molar-refractivity contribution in [3.8, 4) is 0 Å². The van der Waals surface area contributed by atoms with Crippen molar-refractivity contribution in [2.75, 3.05) is 10.6 Å². The molecule has 2 rings (SSSR count). The molecule has 10 heteroatoms. The van der Waals surface area contributed by atoms with Gasteiger partial charge in [0.05, 0.1) is 20.6 Å². The van der Waals surface area contributed by atoms with Crippen LogP contribution >= 0.6 is 34.8 Å². The van der Waals surface area contributed by atoms with Crippen LogP contribution < -0.4 is 10.6 Å². The van der Waals surface area contributed by atoms with Crippen molar-refractivity contribution >= 4 is 52.3 Å². The van der Waals surface area contributed by atoms with Crippen molar-refractivity contribution in [2.45, 2.75) is 6.18 Å². The van der Waals surface area contributed by atoms with Gasteiger partial charge in [0.1, 0.15) is 0 Å². The van der Waals surface area contributed by atoms with Gasteiger partial charge in [0.2, 0.25) is 0 Å². The number of hydrogen-bond donors (Lipinski definition) is 2. The highest BCUT2D eigenvalue weighted by Gasteiger charge is 2.31. The molecule has 0 aliphatic carbocycles. The number of pyridine rings is 1. The molecule has 1 aromatic heterocycles. The standard InChI is InChI=1S/C13H7Cl3F3N3O/c14-8-2-1-7(4-9(8)15)21-12(23)22-11-10(16)3-6(5-20-11)13(17,18)19/h1-5H,(H2,20,21,22,23). The molecule has 0 unspecified atom stereocenters. The molecule has 0 atom stereocenters. The minimum atomic E-state index is -4.57. The first-order valence-corrected chi connectivity index (χ1v) is 7.06. The first-order chi connectivity index (χ1) is 10.7. The summed E-state index contributed by atoms with van der Waals surface area (Å²) in [5.74, 6) is -0.211. The van der Waals surface area contributed by atoms with E-state index in [0.29, 0.717) is 23.0 Å². The summed E-state index contributed by atoms with van der Waals surface area (Å²) < 4.78 is 37.5. The SMILES string of the molecule is O=C(Nc1ccc(Cl)c(Cl)c1)Nc1ncc(C(F)(F)F)cc1Cl. The third kappa shape index (κ3) is 4.63. The molecule has 0 radical (unpaired) electrons. The van der Waals surface area contributed by atoms with E-state index >= 15 is 0 Å². The smallest absolute Gasteiger partial charge is 0.308 e. The molecule has 0 fully saturated rings. The number of rotatable bonds is 2. The second-order valence-electron chi connectivity index (χ2n) is 4.26. The number of carbonyl (C=O) groups is 1. The Morgan fingerprint density at radius 2 is 1.70 bits per heavy atom. The summed E-state index contributed by atoms with van der Waals surface area (Å²) in [6.07, 6.45) is -4.00. The zero-order valence-electron chi connectivity index (χ0n) is 11.0. The lowest BCUT2D eigenvalue weighted by molar-refractivity contribution is -0.137. The second kappa shape index (κ2) is 6.82. The van der Waals surface area contributed by atoms with Crippen molar-refractivity contribution < 1.29 is 18.0 Å². The number of carbonyl (C=O) groups excluding carboxylic acids is 1. The minimum absolute atomic E-state index is 0.211. The van der Waals surface area contributed by atoms with Crippen molar-refractivity contribution in [1.82, 2.24) is 4.98 Å². The highest BCUT2D eigenvalue weighted by atomic mass is 35.5. The predicted octanol–water partition coefficient (Wildman–Crippen LogP) is 5.70. The van der Waals surface area contributed by atoms with Gasteiger partial charge in [-0.1, -0.05) is 34.8 Å². The molecule has 0 aliphatic rings. The first-order valence-electron chi connectivity index (χ1n) is 5.92. The number of anilines is 2. The Bertz CT molecular complexity index is 753. The fourth-order valence-corrected chi connectivity index (χ4v) is 2.04. The largest absolute Gasteiger partial charge is 0.417 e. The topological polar surface area (TPSA) is 54.0 Å². The molecular weight excluding hydrogens is 378 g/mol. The van der Waals surface area contributed by atoms with Crippen LogP contribution in [0.5, 0.6) is 0 Å². The zero-order valence-corrected chi connectivity index (χ0v) is 13.3. The van der Waals surface area contributed by atoms with Crippen LogP contribution in [0.1, 0.15) is 5.56 Å². The number of aromatic nitrogens is 1. The fourth-order valence-electron chi connectivity index (χ4n) is 1.53. The van der Waals surface area contributed by atoms with Gasteiger partial charge in [0.15, 0.2) is 5.82 Å². The van der Waals surface area contributed by atoms with E-state index in [0.717, 1.165) is 0 Å². The summed E-state index contributed by atoms with van der Waals surface area (Å²) >= 11 is 17.2. The molecule has 1 heterocycles. The average Bonchev–Trinajstić information content (AvgIpc) is 2.44. The van der Waals surface area contributed by atoms with E-state index in [1.54, 1.807) is 0 Å². The van der Waals surface area contributed by atoms with Crippen LogP contribution in [-0.4, -0.2) is 11.0 Å². The van der Waals surface area contributed by atoms with Crippen LogP contribution in [-0.2, 0) is 6.18 Å². The summed E-state index contributed by atoms with van der Waals surface area (Å²) in [5, 5.41) is 4.85. The number of hydrogen-bond acceptors (Lipinski definition) is 2. The molecule has 0 saturated carbocycles. The van der Waals surface area contributed by atoms with Crippen molar-refractivity contribution in [1.29, 1.82) is 0 Å². The van der Waals surface area contributed by atoms with E-state index in [9.17, 15) is 18.0 Å². The molecule has 2 N–H and O–H groups in total. The van der Waals surface area contributed by atoms with E-state index in [4.69, 9.17) is 34.8 Å². The number of benzene rings is 1. The Labute approximate surface area is 143 Å². The summed E-state index contributed by atoms with van der Waals surface area (Å²) in [4.78, 5) is 15.3. The molecule has 4 nitrogen and oxygen atoms in total. The molecule has 0 aliphatic heterocycles. The van der Waals surface area contributed by atoms with Crippen LogP contribution in [0.3, 0.4) is 0 Å². The quantitative estimate of drug-likeness (QED) is 0.697.